The van der Waals surface area contributed by atoms with Crippen LogP contribution in [0.4, 0.5) is 5.13 Å². The smallest absolute Gasteiger partial charge is 0.265 e. The summed E-state index contributed by atoms with van der Waals surface area (Å²) < 4.78 is 5.79. The molecule has 7 nitrogen and oxygen atoms in total. The van der Waals surface area contributed by atoms with Gasteiger partial charge in [0.2, 0.25) is 5.91 Å². The monoisotopic (exact) mass is 324 g/mol. The number of rotatable bonds is 1. The molecule has 1 spiro atoms. The maximum atomic E-state index is 12.6. The van der Waals surface area contributed by atoms with E-state index in [4.69, 9.17) is 10.5 Å². The van der Waals surface area contributed by atoms with Gasteiger partial charge in [0.25, 0.3) is 5.91 Å². The van der Waals surface area contributed by atoms with E-state index in [0.29, 0.717) is 35.3 Å². The van der Waals surface area contributed by atoms with Gasteiger partial charge < -0.3 is 20.3 Å². The molecule has 1 aromatic heterocycles. The highest BCUT2D eigenvalue weighted by Gasteiger charge is 2.42. The van der Waals surface area contributed by atoms with Gasteiger partial charge in [-0.15, -0.1) is 0 Å². The molecule has 0 bridgehead atoms. The minimum atomic E-state index is -0.304. The molecule has 2 amide bonds. The van der Waals surface area contributed by atoms with Gasteiger partial charge in [0.05, 0.1) is 11.3 Å². The molecule has 2 aliphatic heterocycles. The lowest BCUT2D eigenvalue weighted by Crippen LogP contribution is -2.58. The second kappa shape index (κ2) is 5.51. The lowest BCUT2D eigenvalue weighted by atomic mass is 9.89. The number of hydrogen-bond donors (Lipinski definition) is 1. The minimum absolute atomic E-state index is 0.0122. The second-order valence-electron chi connectivity index (χ2n) is 5.98. The number of nitrogens with zero attached hydrogens (tertiary/aromatic N) is 3. The number of carbonyl (C=O) groups is 2. The Bertz CT molecular complexity index is 607. The molecule has 0 atom stereocenters. The number of carbonyl (C=O) groups excluding carboxylic acids is 2. The molecule has 0 unspecified atom stereocenters. The fraction of sp³-hybridized carbons (Fsp3) is 0.643. The molecule has 2 aliphatic rings. The number of piperidine rings is 1. The van der Waals surface area contributed by atoms with Crippen LogP contribution in [0, 0.1) is 6.92 Å². The molecule has 3 heterocycles. The highest BCUT2D eigenvalue weighted by molar-refractivity contribution is 7.17. The van der Waals surface area contributed by atoms with E-state index in [9.17, 15) is 9.59 Å². The largest absolute Gasteiger partial charge is 0.375 e. The van der Waals surface area contributed by atoms with Crippen molar-refractivity contribution in [3.05, 3.63) is 10.6 Å². The number of morpholine rings is 1. The van der Waals surface area contributed by atoms with Crippen molar-refractivity contribution in [2.45, 2.75) is 25.4 Å². The van der Waals surface area contributed by atoms with Crippen LogP contribution in [0.15, 0.2) is 0 Å². The van der Waals surface area contributed by atoms with Crippen LogP contribution in [0.5, 0.6) is 0 Å². The predicted octanol–water partition coefficient (Wildman–Crippen LogP) is 0.497. The van der Waals surface area contributed by atoms with Gasteiger partial charge >= 0.3 is 0 Å². The first-order chi connectivity index (χ1) is 10.4. The van der Waals surface area contributed by atoms with Crippen molar-refractivity contribution in [3.63, 3.8) is 0 Å². The Hall–Kier alpha value is -1.67. The molecular weight excluding hydrogens is 304 g/mol. The van der Waals surface area contributed by atoms with Crippen LogP contribution < -0.4 is 5.73 Å². The maximum Gasteiger partial charge on any atom is 0.265 e. The highest BCUT2D eigenvalue weighted by Crippen LogP contribution is 2.31. The van der Waals surface area contributed by atoms with E-state index in [1.54, 1.807) is 18.9 Å². The Morgan fingerprint density at radius 1 is 1.41 bits per heavy atom. The number of ether oxygens (including phenoxy) is 1. The summed E-state index contributed by atoms with van der Waals surface area (Å²) >= 11 is 1.24. The van der Waals surface area contributed by atoms with E-state index >= 15 is 0 Å². The van der Waals surface area contributed by atoms with E-state index in [0.717, 1.165) is 12.8 Å². The standard InChI is InChI=1S/C14H20N4O3S/c1-9-11(22-13(15)16-9)12(20)18-5-3-14(4-6-18)8-17(2)10(19)7-21-14/h3-8H2,1-2H3,(H2,15,16). The molecule has 2 N–H and O–H groups in total. The zero-order valence-corrected chi connectivity index (χ0v) is 13.6. The van der Waals surface area contributed by atoms with Gasteiger partial charge in [-0.25, -0.2) is 4.98 Å². The molecule has 0 aliphatic carbocycles. The number of hydrogen-bond acceptors (Lipinski definition) is 6. The molecule has 8 heteroatoms. The van der Waals surface area contributed by atoms with Crippen molar-refractivity contribution in [1.82, 2.24) is 14.8 Å². The van der Waals surface area contributed by atoms with Crippen molar-refractivity contribution in [3.8, 4) is 0 Å². The van der Waals surface area contributed by atoms with Crippen molar-refractivity contribution >= 4 is 28.3 Å². The Balaban J connectivity index is 1.66. The third kappa shape index (κ3) is 2.68. The Morgan fingerprint density at radius 2 is 2.09 bits per heavy atom. The number of aromatic nitrogens is 1. The van der Waals surface area contributed by atoms with Crippen LogP contribution in [0.25, 0.3) is 0 Å². The summed E-state index contributed by atoms with van der Waals surface area (Å²) in [5.74, 6) is 0.00156. The summed E-state index contributed by atoms with van der Waals surface area (Å²) in [5.41, 5.74) is 6.05. The molecular formula is C14H20N4O3S. The molecule has 120 valence electrons. The quantitative estimate of drug-likeness (QED) is 0.812. The average molecular weight is 324 g/mol. The van der Waals surface area contributed by atoms with Crippen LogP contribution in [-0.2, 0) is 9.53 Å². The van der Waals surface area contributed by atoms with Gasteiger partial charge in [0.1, 0.15) is 11.5 Å². The molecule has 0 saturated carbocycles. The van der Waals surface area contributed by atoms with Gasteiger partial charge in [0, 0.05) is 26.7 Å². The van der Waals surface area contributed by atoms with E-state index < -0.39 is 0 Å². The van der Waals surface area contributed by atoms with Crippen molar-refractivity contribution in [2.75, 3.05) is 39.0 Å². The van der Waals surface area contributed by atoms with E-state index in [2.05, 4.69) is 4.98 Å². The van der Waals surface area contributed by atoms with Crippen LogP contribution in [-0.4, -0.2) is 65.5 Å². The first kappa shape index (κ1) is 15.2. The van der Waals surface area contributed by atoms with Crippen molar-refractivity contribution in [2.24, 2.45) is 0 Å². The van der Waals surface area contributed by atoms with Gasteiger partial charge in [-0.2, -0.15) is 0 Å². The van der Waals surface area contributed by atoms with Gasteiger partial charge in [0.15, 0.2) is 5.13 Å². The summed E-state index contributed by atoms with van der Waals surface area (Å²) in [5, 5.41) is 0.421. The van der Waals surface area contributed by atoms with Crippen molar-refractivity contribution in [1.29, 1.82) is 0 Å². The van der Waals surface area contributed by atoms with Gasteiger partial charge in [-0.3, -0.25) is 9.59 Å². The summed E-state index contributed by atoms with van der Waals surface area (Å²) in [4.78, 5) is 32.4. The number of likely N-dealkylation sites (tertiary alicyclic amines) is 1. The normalized spacial score (nSPS) is 21.5. The maximum absolute atomic E-state index is 12.6. The van der Waals surface area contributed by atoms with E-state index in [1.165, 1.54) is 11.3 Å². The molecule has 3 rings (SSSR count). The third-order valence-electron chi connectivity index (χ3n) is 4.42. The average Bonchev–Trinajstić information content (AvgIpc) is 2.82. The molecule has 22 heavy (non-hydrogen) atoms. The number of aryl methyl sites for hydroxylation is 1. The summed E-state index contributed by atoms with van der Waals surface area (Å²) in [7, 11) is 1.80. The Kier molecular flexibility index (Phi) is 3.82. The minimum Gasteiger partial charge on any atom is -0.375 e. The number of anilines is 1. The number of thiazole rings is 1. The molecule has 1 aromatic rings. The zero-order chi connectivity index (χ0) is 15.9. The van der Waals surface area contributed by atoms with Crippen LogP contribution in [0.2, 0.25) is 0 Å². The predicted molar refractivity (Wildman–Crippen MR) is 82.7 cm³/mol. The number of nitrogen functional groups attached to an aromatic ring is 1. The van der Waals surface area contributed by atoms with Crippen LogP contribution in [0.1, 0.15) is 28.2 Å². The van der Waals surface area contributed by atoms with Crippen molar-refractivity contribution < 1.29 is 14.3 Å². The number of likely N-dealkylation sites (N-methyl/N-ethyl adjacent to an activating group) is 1. The highest BCUT2D eigenvalue weighted by atomic mass is 32.1. The van der Waals surface area contributed by atoms with Gasteiger partial charge in [-0.05, 0) is 19.8 Å². The molecule has 0 aromatic carbocycles. The molecule has 2 saturated heterocycles. The topological polar surface area (TPSA) is 88.8 Å². The number of amides is 2. The summed E-state index contributed by atoms with van der Waals surface area (Å²) in [6.45, 7) is 3.78. The Morgan fingerprint density at radius 3 is 2.64 bits per heavy atom. The third-order valence-corrected chi connectivity index (χ3v) is 5.40. The SMILES string of the molecule is Cc1nc(N)sc1C(=O)N1CCC2(CC1)CN(C)C(=O)CO2. The molecule has 0 radical (unpaired) electrons. The number of nitrogens with two attached hydrogens (primary N) is 1. The van der Waals surface area contributed by atoms with Crippen LogP contribution >= 0.6 is 11.3 Å². The molecule has 2 fully saturated rings. The lowest BCUT2D eigenvalue weighted by Gasteiger charge is -2.46. The fourth-order valence-corrected chi connectivity index (χ4v) is 3.87. The van der Waals surface area contributed by atoms with Gasteiger partial charge in [-0.1, -0.05) is 11.3 Å². The Labute approximate surface area is 133 Å². The van der Waals surface area contributed by atoms with E-state index in [1.807, 2.05) is 4.90 Å². The fourth-order valence-electron chi connectivity index (χ4n) is 3.07. The lowest BCUT2D eigenvalue weighted by molar-refractivity contribution is -0.167. The second-order valence-corrected chi connectivity index (χ2v) is 7.01. The first-order valence-corrected chi connectivity index (χ1v) is 8.12. The van der Waals surface area contributed by atoms with Crippen LogP contribution in [0.3, 0.4) is 0 Å². The first-order valence-electron chi connectivity index (χ1n) is 7.30. The summed E-state index contributed by atoms with van der Waals surface area (Å²) in [6.07, 6.45) is 1.48. The van der Waals surface area contributed by atoms with E-state index in [-0.39, 0.29) is 24.0 Å². The zero-order valence-electron chi connectivity index (χ0n) is 12.8. The summed E-state index contributed by atoms with van der Waals surface area (Å²) in [6, 6.07) is 0.